The fourth-order valence-corrected chi connectivity index (χ4v) is 1.72. The van der Waals surface area contributed by atoms with Gasteiger partial charge in [0.05, 0.1) is 12.4 Å². The number of aromatic nitrogens is 2. The van der Waals surface area contributed by atoms with E-state index < -0.39 is 11.7 Å². The van der Waals surface area contributed by atoms with Gasteiger partial charge < -0.3 is 10.6 Å². The number of halogens is 1. The molecule has 2 rings (SSSR count). The molecule has 1 heterocycles. The molecule has 0 spiro atoms. The van der Waals surface area contributed by atoms with Gasteiger partial charge in [-0.1, -0.05) is 0 Å². The van der Waals surface area contributed by atoms with E-state index in [0.717, 1.165) is 12.1 Å². The number of nitrogens with zero attached hydrogens (tertiary/aromatic N) is 2. The van der Waals surface area contributed by atoms with E-state index in [9.17, 15) is 9.18 Å². The zero-order chi connectivity index (χ0) is 14.5. The largest absolute Gasteiger partial charge is 0.369 e. The smallest absolute Gasteiger partial charge is 0.275 e. The Labute approximate surface area is 116 Å². The fraction of sp³-hybridized carbons (Fsp3) is 0.214. The summed E-state index contributed by atoms with van der Waals surface area (Å²) in [5.41, 5.74) is 1.30. The van der Waals surface area contributed by atoms with Crippen molar-refractivity contribution < 1.29 is 9.18 Å². The number of carbonyl (C=O) groups excluding carboxylic acids is 1. The SMILES string of the molecule is CCNc1cnc(C(=O)Nc2cc(C)cc(F)c2)cn1. The van der Waals surface area contributed by atoms with Gasteiger partial charge in [-0.15, -0.1) is 0 Å². The molecule has 6 heteroatoms. The summed E-state index contributed by atoms with van der Waals surface area (Å²) in [5.74, 6) is -0.218. The van der Waals surface area contributed by atoms with Crippen LogP contribution in [0.3, 0.4) is 0 Å². The molecule has 0 aliphatic heterocycles. The summed E-state index contributed by atoms with van der Waals surface area (Å²) >= 11 is 0. The van der Waals surface area contributed by atoms with Crippen molar-refractivity contribution >= 4 is 17.4 Å². The van der Waals surface area contributed by atoms with Crippen molar-refractivity contribution in [1.29, 1.82) is 0 Å². The molecule has 5 nitrogen and oxygen atoms in total. The summed E-state index contributed by atoms with van der Waals surface area (Å²) < 4.78 is 13.2. The first kappa shape index (κ1) is 13.9. The molecule has 0 aliphatic carbocycles. The topological polar surface area (TPSA) is 66.9 Å². The van der Waals surface area contributed by atoms with Crippen LogP contribution >= 0.6 is 0 Å². The molecule has 2 N–H and O–H groups in total. The van der Waals surface area contributed by atoms with Crippen LogP contribution in [0, 0.1) is 12.7 Å². The minimum atomic E-state index is -0.425. The van der Waals surface area contributed by atoms with Gasteiger partial charge in [-0.05, 0) is 37.6 Å². The third-order valence-corrected chi connectivity index (χ3v) is 2.54. The Bertz CT molecular complexity index is 593. The molecule has 0 saturated heterocycles. The number of benzene rings is 1. The van der Waals surface area contributed by atoms with Gasteiger partial charge in [-0.3, -0.25) is 4.79 Å². The maximum atomic E-state index is 13.2. The highest BCUT2D eigenvalue weighted by molar-refractivity contribution is 6.02. The zero-order valence-corrected chi connectivity index (χ0v) is 11.3. The van der Waals surface area contributed by atoms with Gasteiger partial charge in [0.1, 0.15) is 17.3 Å². The van der Waals surface area contributed by atoms with Gasteiger partial charge in [0, 0.05) is 12.2 Å². The molecule has 0 radical (unpaired) electrons. The van der Waals surface area contributed by atoms with Gasteiger partial charge >= 0.3 is 0 Å². The van der Waals surface area contributed by atoms with Crippen molar-refractivity contribution in [3.8, 4) is 0 Å². The quantitative estimate of drug-likeness (QED) is 0.899. The highest BCUT2D eigenvalue weighted by Gasteiger charge is 2.09. The van der Waals surface area contributed by atoms with Crippen molar-refractivity contribution in [2.45, 2.75) is 13.8 Å². The fourth-order valence-electron chi connectivity index (χ4n) is 1.72. The molecule has 1 aromatic heterocycles. The monoisotopic (exact) mass is 274 g/mol. The number of amides is 1. The maximum absolute atomic E-state index is 13.2. The second kappa shape index (κ2) is 6.10. The van der Waals surface area contributed by atoms with Crippen molar-refractivity contribution in [3.63, 3.8) is 0 Å². The minimum Gasteiger partial charge on any atom is -0.369 e. The first-order valence-corrected chi connectivity index (χ1v) is 6.23. The van der Waals surface area contributed by atoms with Gasteiger partial charge in [-0.25, -0.2) is 14.4 Å². The molecule has 0 saturated carbocycles. The van der Waals surface area contributed by atoms with Crippen LogP contribution in [0.4, 0.5) is 15.9 Å². The summed E-state index contributed by atoms with van der Waals surface area (Å²) in [6.07, 6.45) is 2.86. The van der Waals surface area contributed by atoms with Crippen LogP contribution in [0.2, 0.25) is 0 Å². The Morgan fingerprint density at radius 3 is 2.65 bits per heavy atom. The molecule has 0 atom stereocenters. The van der Waals surface area contributed by atoms with E-state index in [4.69, 9.17) is 0 Å². The van der Waals surface area contributed by atoms with Crippen LogP contribution in [-0.4, -0.2) is 22.4 Å². The molecule has 104 valence electrons. The molecular weight excluding hydrogens is 259 g/mol. The molecule has 20 heavy (non-hydrogen) atoms. The van der Waals surface area contributed by atoms with Crippen molar-refractivity contribution in [3.05, 3.63) is 47.7 Å². The van der Waals surface area contributed by atoms with E-state index >= 15 is 0 Å². The van der Waals surface area contributed by atoms with E-state index in [0.29, 0.717) is 11.5 Å². The summed E-state index contributed by atoms with van der Waals surface area (Å²) in [4.78, 5) is 20.0. The average Bonchev–Trinajstić information content (AvgIpc) is 2.38. The molecule has 1 aromatic carbocycles. The second-order valence-electron chi connectivity index (χ2n) is 4.29. The number of hydrogen-bond acceptors (Lipinski definition) is 4. The van der Waals surface area contributed by atoms with E-state index in [1.54, 1.807) is 13.0 Å². The summed E-state index contributed by atoms with van der Waals surface area (Å²) in [6, 6.07) is 4.33. The Kier molecular flexibility index (Phi) is 4.24. The van der Waals surface area contributed by atoms with E-state index in [-0.39, 0.29) is 5.69 Å². The standard InChI is InChI=1S/C14H15FN4O/c1-3-16-13-8-17-12(7-18-13)14(20)19-11-5-9(2)4-10(15)6-11/h4-8H,3H2,1-2H3,(H,16,18)(H,19,20). The Morgan fingerprint density at radius 2 is 2.05 bits per heavy atom. The first-order valence-electron chi connectivity index (χ1n) is 6.23. The molecule has 2 aromatic rings. The Morgan fingerprint density at radius 1 is 1.25 bits per heavy atom. The predicted molar refractivity (Wildman–Crippen MR) is 75.3 cm³/mol. The molecular formula is C14H15FN4O. The number of aryl methyl sites for hydroxylation is 1. The minimum absolute atomic E-state index is 0.175. The van der Waals surface area contributed by atoms with E-state index in [1.165, 1.54) is 24.5 Å². The number of hydrogen-bond donors (Lipinski definition) is 2. The van der Waals surface area contributed by atoms with Crippen LogP contribution in [0.25, 0.3) is 0 Å². The number of carbonyl (C=O) groups is 1. The Balaban J connectivity index is 2.11. The highest BCUT2D eigenvalue weighted by atomic mass is 19.1. The van der Waals surface area contributed by atoms with Crippen molar-refractivity contribution in [1.82, 2.24) is 9.97 Å². The molecule has 0 unspecified atom stereocenters. The average molecular weight is 274 g/mol. The zero-order valence-electron chi connectivity index (χ0n) is 11.3. The lowest BCUT2D eigenvalue weighted by atomic mass is 10.2. The maximum Gasteiger partial charge on any atom is 0.275 e. The first-order chi connectivity index (χ1) is 9.58. The summed E-state index contributed by atoms with van der Waals surface area (Å²) in [5, 5.41) is 5.57. The Hall–Kier alpha value is -2.50. The third kappa shape index (κ3) is 3.50. The molecule has 0 fully saturated rings. The lowest BCUT2D eigenvalue weighted by molar-refractivity contribution is 0.102. The van der Waals surface area contributed by atoms with Gasteiger partial charge in [0.25, 0.3) is 5.91 Å². The number of anilines is 2. The van der Waals surface area contributed by atoms with Crippen LogP contribution in [0.15, 0.2) is 30.6 Å². The van der Waals surface area contributed by atoms with E-state index in [1.807, 2.05) is 6.92 Å². The number of rotatable bonds is 4. The van der Waals surface area contributed by atoms with Gasteiger partial charge in [-0.2, -0.15) is 0 Å². The molecule has 0 aliphatic rings. The predicted octanol–water partition coefficient (Wildman–Crippen LogP) is 2.61. The number of nitrogens with one attached hydrogen (secondary N) is 2. The van der Waals surface area contributed by atoms with E-state index in [2.05, 4.69) is 20.6 Å². The molecule has 1 amide bonds. The van der Waals surface area contributed by atoms with Crippen LogP contribution in [0.1, 0.15) is 23.0 Å². The van der Waals surface area contributed by atoms with Crippen molar-refractivity contribution in [2.75, 3.05) is 17.2 Å². The van der Waals surface area contributed by atoms with Crippen LogP contribution in [0.5, 0.6) is 0 Å². The van der Waals surface area contributed by atoms with Gasteiger partial charge in [0.2, 0.25) is 0 Å². The third-order valence-electron chi connectivity index (χ3n) is 2.54. The highest BCUT2D eigenvalue weighted by Crippen LogP contribution is 2.14. The van der Waals surface area contributed by atoms with Crippen LogP contribution < -0.4 is 10.6 Å². The summed E-state index contributed by atoms with van der Waals surface area (Å²) in [6.45, 7) is 4.42. The normalized spacial score (nSPS) is 10.2. The second-order valence-corrected chi connectivity index (χ2v) is 4.29. The summed E-state index contributed by atoms with van der Waals surface area (Å²) in [7, 11) is 0. The molecule has 0 bridgehead atoms. The lowest BCUT2D eigenvalue weighted by Crippen LogP contribution is -2.14. The van der Waals surface area contributed by atoms with Crippen LogP contribution in [-0.2, 0) is 0 Å². The van der Waals surface area contributed by atoms with Crippen molar-refractivity contribution in [2.24, 2.45) is 0 Å². The lowest BCUT2D eigenvalue weighted by Gasteiger charge is -2.06. The van der Waals surface area contributed by atoms with Gasteiger partial charge in [0.15, 0.2) is 0 Å².